The van der Waals surface area contributed by atoms with Crippen LogP contribution >= 0.6 is 0 Å². The first-order valence-corrected chi connectivity index (χ1v) is 10.6. The second-order valence-corrected chi connectivity index (χ2v) is 7.83. The van der Waals surface area contributed by atoms with Gasteiger partial charge in [0, 0.05) is 50.0 Å². The molecule has 5 nitrogen and oxygen atoms in total. The van der Waals surface area contributed by atoms with Crippen molar-refractivity contribution in [3.05, 3.63) is 71.8 Å². The van der Waals surface area contributed by atoms with Crippen molar-refractivity contribution in [3.8, 4) is 0 Å². The van der Waals surface area contributed by atoms with Crippen LogP contribution in [0.15, 0.2) is 60.7 Å². The van der Waals surface area contributed by atoms with E-state index < -0.39 is 0 Å². The van der Waals surface area contributed by atoms with Crippen molar-refractivity contribution in [2.24, 2.45) is 0 Å². The van der Waals surface area contributed by atoms with E-state index in [1.165, 1.54) is 10.9 Å². The van der Waals surface area contributed by atoms with Crippen LogP contribution in [0, 0.1) is 6.92 Å². The predicted octanol–water partition coefficient (Wildman–Crippen LogP) is 4.25. The summed E-state index contributed by atoms with van der Waals surface area (Å²) in [6, 6.07) is 19.6. The molecule has 1 aromatic heterocycles. The van der Waals surface area contributed by atoms with E-state index in [0.717, 1.165) is 30.0 Å². The van der Waals surface area contributed by atoms with Crippen LogP contribution in [0.2, 0.25) is 0 Å². The first kappa shape index (κ1) is 20.1. The first-order valence-electron chi connectivity index (χ1n) is 10.6. The highest BCUT2D eigenvalue weighted by molar-refractivity contribution is 5.96. The van der Waals surface area contributed by atoms with E-state index in [2.05, 4.69) is 24.0 Å². The highest BCUT2D eigenvalue weighted by atomic mass is 16.2. The summed E-state index contributed by atoms with van der Waals surface area (Å²) in [4.78, 5) is 33.7. The summed E-state index contributed by atoms with van der Waals surface area (Å²) in [7, 11) is 0. The number of pyridine rings is 1. The molecule has 154 valence electrons. The molecule has 3 aromatic rings. The van der Waals surface area contributed by atoms with Gasteiger partial charge in [-0.3, -0.25) is 9.59 Å². The standard InChI is InChI=1S/C25H27N3O2/c1-19-18-24(26-22-11-6-5-10-21(19)22)27-14-16-28(17-15-27)25(30)13-7-12-23(29)20-8-3-2-4-9-20/h2-6,8-11,18H,7,12-17H2,1H3. The number of fused-ring (bicyclic) bond motifs is 1. The van der Waals surface area contributed by atoms with Gasteiger partial charge in [0.2, 0.25) is 5.91 Å². The van der Waals surface area contributed by atoms with E-state index in [1.54, 1.807) is 0 Å². The minimum atomic E-state index is 0.103. The van der Waals surface area contributed by atoms with E-state index in [4.69, 9.17) is 4.98 Å². The maximum atomic E-state index is 12.6. The van der Waals surface area contributed by atoms with Crippen molar-refractivity contribution in [1.29, 1.82) is 0 Å². The Hall–Kier alpha value is -3.21. The highest BCUT2D eigenvalue weighted by Crippen LogP contribution is 2.23. The van der Waals surface area contributed by atoms with Gasteiger partial charge in [0.05, 0.1) is 5.52 Å². The largest absolute Gasteiger partial charge is 0.353 e. The third kappa shape index (κ3) is 4.51. The molecule has 0 radical (unpaired) electrons. The maximum absolute atomic E-state index is 12.6. The van der Waals surface area contributed by atoms with Gasteiger partial charge in [0.25, 0.3) is 0 Å². The molecule has 0 N–H and O–H groups in total. The summed E-state index contributed by atoms with van der Waals surface area (Å²) < 4.78 is 0. The number of benzene rings is 2. The Morgan fingerprint density at radius 1 is 0.900 bits per heavy atom. The number of carbonyl (C=O) groups is 2. The average Bonchev–Trinajstić information content (AvgIpc) is 2.79. The van der Waals surface area contributed by atoms with Crippen LogP contribution in [0.5, 0.6) is 0 Å². The summed E-state index contributed by atoms with van der Waals surface area (Å²) in [5.74, 6) is 1.22. The lowest BCUT2D eigenvalue weighted by Gasteiger charge is -2.35. The van der Waals surface area contributed by atoms with Crippen molar-refractivity contribution < 1.29 is 9.59 Å². The Balaban J connectivity index is 1.28. The number of anilines is 1. The number of aromatic nitrogens is 1. The molecule has 0 unspecified atom stereocenters. The van der Waals surface area contributed by atoms with Crippen LogP contribution in [0.4, 0.5) is 5.82 Å². The molecule has 1 saturated heterocycles. The molecule has 0 bridgehead atoms. The number of hydrogen-bond acceptors (Lipinski definition) is 4. The van der Waals surface area contributed by atoms with Crippen molar-refractivity contribution in [2.75, 3.05) is 31.1 Å². The van der Waals surface area contributed by atoms with Gasteiger partial charge in [-0.15, -0.1) is 0 Å². The van der Waals surface area contributed by atoms with Crippen LogP contribution in [-0.2, 0) is 4.79 Å². The molecule has 4 rings (SSSR count). The van der Waals surface area contributed by atoms with Gasteiger partial charge in [-0.2, -0.15) is 0 Å². The number of aryl methyl sites for hydroxylation is 1. The number of para-hydroxylation sites is 1. The fourth-order valence-corrected chi connectivity index (χ4v) is 4.01. The minimum absolute atomic E-state index is 0.103. The highest BCUT2D eigenvalue weighted by Gasteiger charge is 2.22. The average molecular weight is 402 g/mol. The van der Waals surface area contributed by atoms with Gasteiger partial charge in [0.15, 0.2) is 5.78 Å². The molecule has 0 spiro atoms. The van der Waals surface area contributed by atoms with Crippen LogP contribution in [0.1, 0.15) is 35.2 Å². The van der Waals surface area contributed by atoms with E-state index in [-0.39, 0.29) is 11.7 Å². The predicted molar refractivity (Wildman–Crippen MR) is 120 cm³/mol. The summed E-state index contributed by atoms with van der Waals surface area (Å²) in [5, 5.41) is 1.18. The fourth-order valence-electron chi connectivity index (χ4n) is 4.01. The third-order valence-electron chi connectivity index (χ3n) is 5.76. The number of nitrogens with zero attached hydrogens (tertiary/aromatic N) is 3. The molecule has 5 heteroatoms. The molecule has 0 aliphatic carbocycles. The Morgan fingerprint density at radius 2 is 1.60 bits per heavy atom. The molecule has 0 atom stereocenters. The van der Waals surface area contributed by atoms with Gasteiger partial charge >= 0.3 is 0 Å². The van der Waals surface area contributed by atoms with Gasteiger partial charge in [-0.05, 0) is 31.0 Å². The van der Waals surface area contributed by atoms with Crippen molar-refractivity contribution >= 4 is 28.4 Å². The van der Waals surface area contributed by atoms with Crippen molar-refractivity contribution in [2.45, 2.75) is 26.2 Å². The second-order valence-electron chi connectivity index (χ2n) is 7.83. The zero-order valence-corrected chi connectivity index (χ0v) is 17.4. The Bertz CT molecular complexity index is 1040. The summed E-state index contributed by atoms with van der Waals surface area (Å²) in [5.41, 5.74) is 2.95. The number of piperazine rings is 1. The second kappa shape index (κ2) is 9.08. The summed E-state index contributed by atoms with van der Waals surface area (Å²) in [6.45, 7) is 5.06. The molecule has 2 heterocycles. The lowest BCUT2D eigenvalue weighted by Crippen LogP contribution is -2.49. The number of ketones is 1. The number of amides is 1. The van der Waals surface area contributed by atoms with E-state index >= 15 is 0 Å². The van der Waals surface area contributed by atoms with E-state index in [9.17, 15) is 9.59 Å². The fraction of sp³-hybridized carbons (Fsp3) is 0.320. The smallest absolute Gasteiger partial charge is 0.222 e. The normalized spacial score (nSPS) is 14.2. The first-order chi connectivity index (χ1) is 14.6. The molecule has 1 fully saturated rings. The topological polar surface area (TPSA) is 53.5 Å². The Labute approximate surface area is 177 Å². The molecular weight excluding hydrogens is 374 g/mol. The molecule has 1 amide bonds. The number of carbonyl (C=O) groups excluding carboxylic acids is 2. The Morgan fingerprint density at radius 3 is 2.37 bits per heavy atom. The molecule has 1 aliphatic heterocycles. The van der Waals surface area contributed by atoms with Crippen LogP contribution in [0.25, 0.3) is 10.9 Å². The SMILES string of the molecule is Cc1cc(N2CCN(C(=O)CCCC(=O)c3ccccc3)CC2)nc2ccccc12. The zero-order valence-electron chi connectivity index (χ0n) is 17.4. The monoisotopic (exact) mass is 401 g/mol. The maximum Gasteiger partial charge on any atom is 0.222 e. The molecule has 30 heavy (non-hydrogen) atoms. The lowest BCUT2D eigenvalue weighted by molar-refractivity contribution is -0.131. The molecule has 2 aromatic carbocycles. The lowest BCUT2D eigenvalue weighted by atomic mass is 10.1. The summed E-state index contributed by atoms with van der Waals surface area (Å²) >= 11 is 0. The summed E-state index contributed by atoms with van der Waals surface area (Å²) in [6.07, 6.45) is 1.43. The van der Waals surface area contributed by atoms with E-state index in [0.29, 0.717) is 32.4 Å². The Kier molecular flexibility index (Phi) is 6.07. The van der Waals surface area contributed by atoms with Gasteiger partial charge in [-0.25, -0.2) is 4.98 Å². The third-order valence-corrected chi connectivity index (χ3v) is 5.76. The van der Waals surface area contributed by atoms with E-state index in [1.807, 2.05) is 53.4 Å². The number of Topliss-reactive ketones (excluding diaryl/α,β-unsaturated/α-hetero) is 1. The van der Waals surface area contributed by atoms with Crippen molar-refractivity contribution in [1.82, 2.24) is 9.88 Å². The molecule has 0 saturated carbocycles. The van der Waals surface area contributed by atoms with Crippen LogP contribution in [-0.4, -0.2) is 47.8 Å². The minimum Gasteiger partial charge on any atom is -0.353 e. The number of hydrogen-bond donors (Lipinski definition) is 0. The van der Waals surface area contributed by atoms with Gasteiger partial charge in [0.1, 0.15) is 5.82 Å². The quantitative estimate of drug-likeness (QED) is 0.580. The molecule has 1 aliphatic rings. The van der Waals surface area contributed by atoms with Crippen molar-refractivity contribution in [3.63, 3.8) is 0 Å². The van der Waals surface area contributed by atoms with Crippen LogP contribution < -0.4 is 4.90 Å². The zero-order chi connectivity index (χ0) is 20.9. The molecular formula is C25H27N3O2. The number of rotatable bonds is 6. The van der Waals surface area contributed by atoms with Gasteiger partial charge in [-0.1, -0.05) is 48.5 Å². The van der Waals surface area contributed by atoms with Gasteiger partial charge < -0.3 is 9.80 Å². The van der Waals surface area contributed by atoms with Crippen LogP contribution in [0.3, 0.4) is 0 Å².